The minimum atomic E-state index is -4.50. The highest BCUT2D eigenvalue weighted by Crippen LogP contribution is 2.27. The molecule has 0 aliphatic carbocycles. The van der Waals surface area contributed by atoms with E-state index < -0.39 is 11.9 Å². The maximum atomic E-state index is 12.7. The molecule has 0 aliphatic heterocycles. The lowest BCUT2D eigenvalue weighted by Gasteiger charge is -2.12. The molecule has 2 aromatic rings. The largest absolute Gasteiger partial charge is 0.433 e. The van der Waals surface area contributed by atoms with Crippen molar-refractivity contribution in [3.05, 3.63) is 35.0 Å². The molecular weight excluding hydrogens is 387 g/mol. The van der Waals surface area contributed by atoms with Crippen molar-refractivity contribution in [3.8, 4) is 0 Å². The Morgan fingerprint density at radius 1 is 1.14 bits per heavy atom. The third-order valence-corrected chi connectivity index (χ3v) is 3.99. The monoisotopic (exact) mass is 413 g/mol. The van der Waals surface area contributed by atoms with E-state index in [0.717, 1.165) is 42.1 Å². The molecule has 0 radical (unpaired) electrons. The average molecular weight is 413 g/mol. The topological polar surface area (TPSA) is 100 Å². The van der Waals surface area contributed by atoms with Gasteiger partial charge in [-0.3, -0.25) is 0 Å². The molecule has 160 valence electrons. The smallest absolute Gasteiger partial charge is 0.361 e. The van der Waals surface area contributed by atoms with Crippen LogP contribution in [-0.4, -0.2) is 40.7 Å². The van der Waals surface area contributed by atoms with Crippen LogP contribution >= 0.6 is 0 Å². The van der Waals surface area contributed by atoms with E-state index in [1.54, 1.807) is 0 Å². The van der Waals surface area contributed by atoms with Crippen molar-refractivity contribution in [1.82, 2.24) is 25.8 Å². The number of guanidine groups is 1. The van der Waals surface area contributed by atoms with Gasteiger partial charge in [0, 0.05) is 37.8 Å². The predicted octanol–water partition coefficient (Wildman–Crippen LogP) is 2.78. The van der Waals surface area contributed by atoms with Gasteiger partial charge in [-0.2, -0.15) is 13.2 Å². The summed E-state index contributed by atoms with van der Waals surface area (Å²) in [6, 6.07) is 0.833. The van der Waals surface area contributed by atoms with Gasteiger partial charge >= 0.3 is 6.18 Å². The first kappa shape index (κ1) is 22.4. The van der Waals surface area contributed by atoms with Crippen molar-refractivity contribution in [3.63, 3.8) is 0 Å². The molecule has 8 nitrogen and oxygen atoms in total. The molecule has 0 amide bonds. The van der Waals surface area contributed by atoms with E-state index >= 15 is 0 Å². The second kappa shape index (κ2) is 10.6. The van der Waals surface area contributed by atoms with Gasteiger partial charge in [-0.15, -0.1) is 0 Å². The molecule has 0 aliphatic rings. The Kier molecular flexibility index (Phi) is 8.22. The summed E-state index contributed by atoms with van der Waals surface area (Å²) >= 11 is 0. The predicted molar refractivity (Wildman–Crippen MR) is 104 cm³/mol. The molecule has 2 heterocycles. The summed E-state index contributed by atoms with van der Waals surface area (Å²) in [6.07, 6.45) is -1.92. The number of anilines is 1. The van der Waals surface area contributed by atoms with E-state index in [1.807, 2.05) is 20.8 Å². The molecule has 0 bridgehead atoms. The number of nitrogens with one attached hydrogen (secondary N) is 3. The van der Waals surface area contributed by atoms with E-state index in [2.05, 4.69) is 36.1 Å². The van der Waals surface area contributed by atoms with Gasteiger partial charge in [-0.1, -0.05) is 19.0 Å². The van der Waals surface area contributed by atoms with Crippen LogP contribution in [0.5, 0.6) is 0 Å². The lowest BCUT2D eigenvalue weighted by atomic mass is 10.1. The molecule has 0 spiro atoms. The number of alkyl halides is 3. The van der Waals surface area contributed by atoms with Crippen LogP contribution in [0.4, 0.5) is 19.1 Å². The summed E-state index contributed by atoms with van der Waals surface area (Å²) in [4.78, 5) is 11.8. The van der Waals surface area contributed by atoms with Gasteiger partial charge in [-0.25, -0.2) is 15.0 Å². The zero-order valence-corrected chi connectivity index (χ0v) is 16.7. The highest BCUT2D eigenvalue weighted by Gasteiger charge is 2.32. The highest BCUT2D eigenvalue weighted by molar-refractivity contribution is 5.79. The number of aryl methyl sites for hydroxylation is 2. The fourth-order valence-corrected chi connectivity index (χ4v) is 2.57. The minimum absolute atomic E-state index is 0.0757. The Labute approximate surface area is 167 Å². The molecule has 3 N–H and O–H groups in total. The van der Waals surface area contributed by atoms with Crippen molar-refractivity contribution < 1.29 is 17.7 Å². The number of aliphatic imine (C=N–C) groups is 1. The van der Waals surface area contributed by atoms with Gasteiger partial charge in [0.15, 0.2) is 5.96 Å². The van der Waals surface area contributed by atoms with Crippen LogP contribution in [-0.2, 0) is 25.6 Å². The molecule has 29 heavy (non-hydrogen) atoms. The molecule has 0 fully saturated rings. The van der Waals surface area contributed by atoms with E-state index in [1.165, 1.54) is 0 Å². The first-order chi connectivity index (χ1) is 13.9. The molecule has 11 heteroatoms. The Hall–Kier alpha value is -2.85. The van der Waals surface area contributed by atoms with Crippen molar-refractivity contribution in [2.75, 3.05) is 25.0 Å². The van der Waals surface area contributed by atoms with Crippen molar-refractivity contribution in [2.24, 2.45) is 4.99 Å². The van der Waals surface area contributed by atoms with Gasteiger partial charge in [0.2, 0.25) is 5.95 Å². The zero-order valence-electron chi connectivity index (χ0n) is 16.7. The second-order valence-corrected chi connectivity index (χ2v) is 6.05. The van der Waals surface area contributed by atoms with Crippen LogP contribution in [0.2, 0.25) is 0 Å². The van der Waals surface area contributed by atoms with Crippen LogP contribution in [0.25, 0.3) is 0 Å². The van der Waals surface area contributed by atoms with Crippen LogP contribution in [0, 0.1) is 0 Å². The van der Waals surface area contributed by atoms with Gasteiger partial charge in [0.25, 0.3) is 0 Å². The van der Waals surface area contributed by atoms with E-state index in [-0.39, 0.29) is 5.95 Å². The molecule has 2 rings (SSSR count). The first-order valence-electron chi connectivity index (χ1n) is 9.51. The standard InChI is InChI=1S/C18H26F3N7O/c1-4-13-12(14(5-2)29-28-13)11-26-16(22-6-3)24-9-10-25-17-23-8-7-15(27-17)18(19,20)21/h7-8H,4-6,9-11H2,1-3H3,(H2,22,24,26)(H,23,25,27). The maximum absolute atomic E-state index is 12.7. The fraction of sp³-hybridized carbons (Fsp3) is 0.556. The lowest BCUT2D eigenvalue weighted by Crippen LogP contribution is -2.39. The summed E-state index contributed by atoms with van der Waals surface area (Å²) in [5.74, 6) is 1.34. The Morgan fingerprint density at radius 3 is 2.59 bits per heavy atom. The normalized spacial score (nSPS) is 12.1. The highest BCUT2D eigenvalue weighted by atomic mass is 19.4. The molecule has 0 atom stereocenters. The number of rotatable bonds is 9. The number of aromatic nitrogens is 3. The first-order valence-corrected chi connectivity index (χ1v) is 9.51. The van der Waals surface area contributed by atoms with E-state index in [4.69, 9.17) is 4.52 Å². The second-order valence-electron chi connectivity index (χ2n) is 6.05. The third-order valence-electron chi connectivity index (χ3n) is 3.99. The minimum Gasteiger partial charge on any atom is -0.361 e. The van der Waals surface area contributed by atoms with Crippen molar-refractivity contribution in [2.45, 2.75) is 46.3 Å². The number of halogens is 3. The Morgan fingerprint density at radius 2 is 1.93 bits per heavy atom. The molecule has 0 unspecified atom stereocenters. The molecule has 0 saturated heterocycles. The van der Waals surface area contributed by atoms with Crippen LogP contribution in [0.1, 0.15) is 43.5 Å². The van der Waals surface area contributed by atoms with Crippen LogP contribution < -0.4 is 16.0 Å². The summed E-state index contributed by atoms with van der Waals surface area (Å²) < 4.78 is 43.4. The summed E-state index contributed by atoms with van der Waals surface area (Å²) in [5, 5.41) is 13.1. The molecular formula is C18H26F3N7O. The third kappa shape index (κ3) is 6.61. The summed E-state index contributed by atoms with van der Waals surface area (Å²) in [5.41, 5.74) is 0.901. The number of nitrogens with zero attached hydrogens (tertiary/aromatic N) is 4. The lowest BCUT2D eigenvalue weighted by molar-refractivity contribution is -0.141. The van der Waals surface area contributed by atoms with Crippen LogP contribution in [0.15, 0.2) is 21.8 Å². The maximum Gasteiger partial charge on any atom is 0.433 e. The van der Waals surface area contributed by atoms with Gasteiger partial charge in [0.05, 0.1) is 12.2 Å². The van der Waals surface area contributed by atoms with Crippen molar-refractivity contribution >= 4 is 11.9 Å². The van der Waals surface area contributed by atoms with Crippen molar-refractivity contribution in [1.29, 1.82) is 0 Å². The molecule has 0 saturated carbocycles. The Balaban J connectivity index is 1.91. The zero-order chi connectivity index (χ0) is 21.3. The fourth-order valence-electron chi connectivity index (χ4n) is 2.57. The van der Waals surface area contributed by atoms with E-state index in [0.29, 0.717) is 32.1 Å². The van der Waals surface area contributed by atoms with E-state index in [9.17, 15) is 13.2 Å². The quantitative estimate of drug-likeness (QED) is 0.330. The SMILES string of the molecule is CCNC(=NCc1c(CC)noc1CC)NCCNc1nccc(C(F)(F)F)n1. The van der Waals surface area contributed by atoms with Gasteiger partial charge in [-0.05, 0) is 19.4 Å². The Bertz CT molecular complexity index is 783. The molecule has 2 aromatic heterocycles. The number of hydrogen-bond donors (Lipinski definition) is 3. The van der Waals surface area contributed by atoms with Gasteiger partial charge < -0.3 is 20.5 Å². The average Bonchev–Trinajstić information content (AvgIpc) is 3.10. The molecule has 0 aromatic carbocycles. The number of hydrogen-bond acceptors (Lipinski definition) is 6. The van der Waals surface area contributed by atoms with Crippen LogP contribution in [0.3, 0.4) is 0 Å². The van der Waals surface area contributed by atoms with Gasteiger partial charge in [0.1, 0.15) is 11.5 Å². The summed E-state index contributed by atoms with van der Waals surface area (Å²) in [6.45, 7) is 7.78. The summed E-state index contributed by atoms with van der Waals surface area (Å²) in [7, 11) is 0.